The van der Waals surface area contributed by atoms with E-state index in [1.165, 1.54) is 43.5 Å². The maximum atomic E-state index is 14.1. The van der Waals surface area contributed by atoms with E-state index in [2.05, 4.69) is 21.7 Å². The first-order chi connectivity index (χ1) is 17.8. The fourth-order valence-electron chi connectivity index (χ4n) is 6.56. The highest BCUT2D eigenvalue weighted by atomic mass is 32.2. The average molecular weight is 551 g/mol. The van der Waals surface area contributed by atoms with Gasteiger partial charge in [-0.25, -0.2) is 12.8 Å². The number of carbonyl (C=O) groups excluding carboxylic acids is 1. The number of fused-ring (bicyclic) bond motifs is 2. The number of ether oxygens (including phenoxy) is 1. The zero-order chi connectivity index (χ0) is 26.2. The molecule has 2 aliphatic carbocycles. The van der Waals surface area contributed by atoms with Crippen LogP contribution in [0.15, 0.2) is 29.4 Å². The topological polar surface area (TPSA) is 94.4 Å². The van der Waals surface area contributed by atoms with Crippen LogP contribution in [-0.2, 0) is 21.2 Å². The number of halogens is 1. The molecule has 0 N–H and O–H groups in total. The summed E-state index contributed by atoms with van der Waals surface area (Å²) in [6.07, 6.45) is 5.50. The number of hydrogen-bond donors (Lipinski definition) is 0. The number of amides is 1. The second kappa shape index (κ2) is 10.9. The first kappa shape index (κ1) is 26.5. The lowest BCUT2D eigenvalue weighted by atomic mass is 9.84. The molecule has 0 radical (unpaired) electrons. The third-order valence-corrected chi connectivity index (χ3v) is 11.1. The molecular weight excluding hydrogens is 515 g/mol. The van der Waals surface area contributed by atoms with Crippen LogP contribution in [0.3, 0.4) is 0 Å². The fourth-order valence-corrected chi connectivity index (χ4v) is 9.22. The summed E-state index contributed by atoms with van der Waals surface area (Å²) in [5, 5.41) is 9.46. The molecule has 1 amide bonds. The number of nitrogens with zero attached hydrogens (tertiary/aromatic N) is 4. The Hall–Kier alpha value is -2.14. The first-order valence-electron chi connectivity index (χ1n) is 13.2. The maximum Gasteiger partial charge on any atom is 0.233 e. The Labute approximate surface area is 222 Å². The molecule has 0 unspecified atom stereocenters. The quantitative estimate of drug-likeness (QED) is 0.411. The van der Waals surface area contributed by atoms with Crippen molar-refractivity contribution in [1.82, 2.24) is 19.7 Å². The Morgan fingerprint density at radius 1 is 1.24 bits per heavy atom. The number of rotatable bonds is 10. The summed E-state index contributed by atoms with van der Waals surface area (Å²) in [6.45, 7) is 4.62. The van der Waals surface area contributed by atoms with Gasteiger partial charge in [0.15, 0.2) is 32.4 Å². The van der Waals surface area contributed by atoms with Gasteiger partial charge in [-0.2, -0.15) is 0 Å². The third-order valence-electron chi connectivity index (χ3n) is 8.38. The predicted octanol–water partition coefficient (Wildman–Crippen LogP) is 4.12. The Morgan fingerprint density at radius 2 is 2.05 bits per heavy atom. The fraction of sp³-hybridized carbons (Fsp3) is 0.654. The third kappa shape index (κ3) is 5.67. The summed E-state index contributed by atoms with van der Waals surface area (Å²) in [4.78, 5) is 14.8. The molecule has 1 aromatic heterocycles. The van der Waals surface area contributed by atoms with Crippen molar-refractivity contribution in [2.24, 2.45) is 17.8 Å². The van der Waals surface area contributed by atoms with Crippen molar-refractivity contribution < 1.29 is 22.3 Å². The molecule has 2 bridgehead atoms. The number of benzene rings is 1. The normalized spacial score (nSPS) is 26.9. The average Bonchev–Trinajstić information content (AvgIpc) is 3.66. The SMILES string of the molecule is CCN(C(=O)CSc1nnc(COc2ccccc2F)n1[C@H](C)[C@H]1C[C@@H]2CC[C@@H]1C2)[C@@H]1CCS(=O)(=O)C1. The Kier molecular flexibility index (Phi) is 7.81. The van der Waals surface area contributed by atoms with Crippen molar-refractivity contribution in [1.29, 1.82) is 0 Å². The van der Waals surface area contributed by atoms with Gasteiger partial charge in [-0.1, -0.05) is 30.3 Å². The molecule has 1 saturated heterocycles. The molecule has 3 aliphatic rings. The highest BCUT2D eigenvalue weighted by Gasteiger charge is 2.43. The highest BCUT2D eigenvalue weighted by Crippen LogP contribution is 2.52. The zero-order valence-electron chi connectivity index (χ0n) is 21.4. The monoisotopic (exact) mass is 550 g/mol. The lowest BCUT2D eigenvalue weighted by molar-refractivity contribution is -0.129. The molecule has 37 heavy (non-hydrogen) atoms. The molecule has 1 aliphatic heterocycles. The summed E-state index contributed by atoms with van der Waals surface area (Å²) < 4.78 is 45.9. The Balaban J connectivity index is 1.33. The molecule has 3 fully saturated rings. The van der Waals surface area contributed by atoms with Crippen molar-refractivity contribution >= 4 is 27.5 Å². The zero-order valence-corrected chi connectivity index (χ0v) is 23.0. The van der Waals surface area contributed by atoms with Gasteiger partial charge >= 0.3 is 0 Å². The van der Waals surface area contributed by atoms with Gasteiger partial charge < -0.3 is 9.64 Å². The standard InChI is InChI=1S/C26H35FN4O4S2/c1-3-30(20-10-11-37(33,34)16-20)25(32)15-36-26-29-28-24(14-35-23-7-5-4-6-22(23)27)31(26)17(2)21-13-18-8-9-19(21)12-18/h4-7,17-21H,3,8-16H2,1-2H3/t17-,18-,19-,20-,21-/m1/s1. The van der Waals surface area contributed by atoms with Crippen LogP contribution < -0.4 is 4.74 Å². The molecule has 202 valence electrons. The van der Waals surface area contributed by atoms with Crippen molar-refractivity contribution in [2.45, 2.75) is 69.8 Å². The Morgan fingerprint density at radius 3 is 2.70 bits per heavy atom. The molecule has 5 atom stereocenters. The number of sulfone groups is 1. The van der Waals surface area contributed by atoms with Gasteiger partial charge in [0.1, 0.15) is 6.61 Å². The van der Waals surface area contributed by atoms with E-state index >= 15 is 0 Å². The second-order valence-corrected chi connectivity index (χ2v) is 13.8. The van der Waals surface area contributed by atoms with E-state index in [9.17, 15) is 17.6 Å². The van der Waals surface area contributed by atoms with Gasteiger partial charge in [0.25, 0.3) is 0 Å². The number of aromatic nitrogens is 3. The minimum Gasteiger partial charge on any atom is -0.483 e. The minimum atomic E-state index is -3.08. The van der Waals surface area contributed by atoms with Crippen molar-refractivity contribution in [2.75, 3.05) is 23.8 Å². The van der Waals surface area contributed by atoms with Crippen LogP contribution in [-0.4, -0.2) is 63.8 Å². The van der Waals surface area contributed by atoms with Crippen LogP contribution in [0, 0.1) is 23.6 Å². The summed E-state index contributed by atoms with van der Waals surface area (Å²) in [6, 6.07) is 6.16. The molecule has 8 nitrogen and oxygen atoms in total. The summed E-state index contributed by atoms with van der Waals surface area (Å²) in [5.41, 5.74) is 0. The molecule has 5 rings (SSSR count). The number of thioether (sulfide) groups is 1. The largest absolute Gasteiger partial charge is 0.483 e. The van der Waals surface area contributed by atoms with Gasteiger partial charge in [-0.3, -0.25) is 9.36 Å². The van der Waals surface area contributed by atoms with Crippen LogP contribution >= 0.6 is 11.8 Å². The van der Waals surface area contributed by atoms with Gasteiger partial charge in [0, 0.05) is 18.6 Å². The highest BCUT2D eigenvalue weighted by molar-refractivity contribution is 7.99. The van der Waals surface area contributed by atoms with Crippen LogP contribution in [0.1, 0.15) is 57.8 Å². The summed E-state index contributed by atoms with van der Waals surface area (Å²) >= 11 is 1.33. The van der Waals surface area contributed by atoms with Gasteiger partial charge in [0.2, 0.25) is 5.91 Å². The van der Waals surface area contributed by atoms with E-state index in [1.807, 2.05) is 6.92 Å². The smallest absolute Gasteiger partial charge is 0.233 e. The van der Waals surface area contributed by atoms with Gasteiger partial charge in [0.05, 0.1) is 17.3 Å². The van der Waals surface area contributed by atoms with E-state index in [1.54, 1.807) is 23.1 Å². The second-order valence-electron chi connectivity index (χ2n) is 10.6. The lowest BCUT2D eigenvalue weighted by Gasteiger charge is -2.30. The lowest BCUT2D eigenvalue weighted by Crippen LogP contribution is -2.42. The molecule has 2 saturated carbocycles. The number of para-hydroxylation sites is 1. The van der Waals surface area contributed by atoms with E-state index in [0.29, 0.717) is 35.8 Å². The summed E-state index contributed by atoms with van der Waals surface area (Å²) in [7, 11) is -3.08. The molecular formula is C26H35FN4O4S2. The van der Waals surface area contributed by atoms with Crippen molar-refractivity contribution in [3.05, 3.63) is 35.9 Å². The van der Waals surface area contributed by atoms with Gasteiger partial charge in [-0.05, 0) is 69.4 Å². The van der Waals surface area contributed by atoms with E-state index in [-0.39, 0.29) is 47.6 Å². The first-order valence-corrected chi connectivity index (χ1v) is 16.0. The molecule has 0 spiro atoms. The Bertz CT molecular complexity index is 1240. The molecule has 1 aromatic carbocycles. The molecule has 2 heterocycles. The van der Waals surface area contributed by atoms with Crippen molar-refractivity contribution in [3.63, 3.8) is 0 Å². The van der Waals surface area contributed by atoms with E-state index in [4.69, 9.17) is 4.74 Å². The minimum absolute atomic E-state index is 0.0340. The summed E-state index contributed by atoms with van der Waals surface area (Å²) in [5.74, 6) is 2.55. The van der Waals surface area contributed by atoms with Gasteiger partial charge in [-0.15, -0.1) is 10.2 Å². The van der Waals surface area contributed by atoms with Crippen LogP contribution in [0.4, 0.5) is 4.39 Å². The van der Waals surface area contributed by atoms with Crippen LogP contribution in [0.5, 0.6) is 5.75 Å². The van der Waals surface area contributed by atoms with E-state index < -0.39 is 15.7 Å². The molecule has 2 aromatic rings. The van der Waals surface area contributed by atoms with Crippen LogP contribution in [0.2, 0.25) is 0 Å². The van der Waals surface area contributed by atoms with Crippen molar-refractivity contribution in [3.8, 4) is 5.75 Å². The molecule has 11 heteroatoms. The number of carbonyl (C=O) groups is 1. The van der Waals surface area contributed by atoms with Crippen LogP contribution in [0.25, 0.3) is 0 Å². The number of hydrogen-bond acceptors (Lipinski definition) is 7. The van der Waals surface area contributed by atoms with E-state index in [0.717, 1.165) is 5.92 Å². The maximum absolute atomic E-state index is 14.1. The predicted molar refractivity (Wildman–Crippen MR) is 140 cm³/mol.